The molecule has 174 valence electrons. The third-order valence-electron chi connectivity index (χ3n) is 4.01. The van der Waals surface area contributed by atoms with Gasteiger partial charge < -0.3 is 23.8 Å². The molecule has 0 saturated carbocycles. The number of hydrogen-bond acceptors (Lipinski definition) is 8. The van der Waals surface area contributed by atoms with Gasteiger partial charge in [0.05, 0.1) is 12.2 Å². The molecule has 12 nitrogen and oxygen atoms in total. The van der Waals surface area contributed by atoms with Crippen LogP contribution in [0.1, 0.15) is 25.3 Å². The largest absolute Gasteiger partial charge is 0.510 e. The summed E-state index contributed by atoms with van der Waals surface area (Å²) in [5.41, 5.74) is -1.33. The lowest BCUT2D eigenvalue weighted by molar-refractivity contribution is -0.119. The maximum Gasteiger partial charge on any atom is 0.510 e. The van der Waals surface area contributed by atoms with E-state index in [-0.39, 0.29) is 17.9 Å². The Morgan fingerprint density at radius 2 is 2.00 bits per heavy atom. The minimum absolute atomic E-state index is 0.00779. The topological polar surface area (TPSA) is 164 Å². The fourth-order valence-corrected chi connectivity index (χ4v) is 2.96. The molecule has 32 heavy (non-hydrogen) atoms. The van der Waals surface area contributed by atoms with Crippen LogP contribution in [-0.4, -0.2) is 51.3 Å². The number of aryl methyl sites for hydroxylation is 1. The van der Waals surface area contributed by atoms with E-state index in [0.717, 1.165) is 9.47 Å². The van der Waals surface area contributed by atoms with Crippen molar-refractivity contribution in [3.05, 3.63) is 23.3 Å². The number of benzene rings is 1. The fourth-order valence-electron chi connectivity index (χ4n) is 2.64. The van der Waals surface area contributed by atoms with Crippen LogP contribution in [0.25, 0.3) is 11.0 Å². The number of carbonyl (C=O) groups is 2. The molecule has 1 aromatic carbocycles. The maximum atomic E-state index is 14.6. The van der Waals surface area contributed by atoms with Crippen LogP contribution in [0.3, 0.4) is 0 Å². The zero-order valence-corrected chi connectivity index (χ0v) is 17.8. The van der Waals surface area contributed by atoms with E-state index in [1.54, 1.807) is 6.92 Å². The van der Waals surface area contributed by atoms with Crippen LogP contribution < -0.4 is 4.90 Å². The van der Waals surface area contributed by atoms with Gasteiger partial charge >= 0.3 is 14.0 Å². The molecule has 0 radical (unpaired) electrons. The molecule has 2 rings (SSSR count). The molecule has 0 saturated heterocycles. The Morgan fingerprint density at radius 1 is 1.31 bits per heavy atom. The first-order valence-electron chi connectivity index (χ1n) is 9.04. The number of rotatable bonds is 9. The molecular formula is C17H19F2N4O8P. The number of nitrogens with zero attached hydrogens (tertiary/aromatic N) is 4. The van der Waals surface area contributed by atoms with Gasteiger partial charge in [-0.2, -0.15) is 5.26 Å². The van der Waals surface area contributed by atoms with Crippen molar-refractivity contribution in [2.24, 2.45) is 7.05 Å². The molecule has 2 aromatic rings. The Bertz CT molecular complexity index is 1110. The SMILES string of the molecule is CCCC(=O)N(COC(=O)OCCOP(=O)(O)O)c1nc2c(F)cc(C#N)c(F)c2n1C. The van der Waals surface area contributed by atoms with Gasteiger partial charge in [0.1, 0.15) is 23.7 Å². The second-order valence-electron chi connectivity index (χ2n) is 6.27. The second-order valence-corrected chi connectivity index (χ2v) is 7.51. The summed E-state index contributed by atoms with van der Waals surface area (Å²) >= 11 is 0. The lowest BCUT2D eigenvalue weighted by Crippen LogP contribution is -2.36. The summed E-state index contributed by atoms with van der Waals surface area (Å²) in [7, 11) is -3.44. The Balaban J connectivity index is 2.25. The number of anilines is 1. The van der Waals surface area contributed by atoms with Crippen molar-refractivity contribution >= 4 is 36.9 Å². The third-order valence-corrected chi connectivity index (χ3v) is 4.53. The van der Waals surface area contributed by atoms with Gasteiger partial charge in [0, 0.05) is 13.5 Å². The van der Waals surface area contributed by atoms with Crippen LogP contribution in [0.4, 0.5) is 19.5 Å². The molecule has 0 aliphatic heterocycles. The zero-order chi connectivity index (χ0) is 24.1. The first-order valence-corrected chi connectivity index (χ1v) is 10.6. The molecule has 0 unspecified atom stereocenters. The predicted molar refractivity (Wildman–Crippen MR) is 103 cm³/mol. The average molecular weight is 476 g/mol. The van der Waals surface area contributed by atoms with Gasteiger partial charge in [-0.1, -0.05) is 6.92 Å². The number of nitriles is 1. The van der Waals surface area contributed by atoms with Crippen molar-refractivity contribution in [2.45, 2.75) is 19.8 Å². The summed E-state index contributed by atoms with van der Waals surface area (Å²) in [4.78, 5) is 46.2. The van der Waals surface area contributed by atoms with Gasteiger partial charge in [-0.3, -0.25) is 9.32 Å². The summed E-state index contributed by atoms with van der Waals surface area (Å²) < 4.78 is 54.0. The van der Waals surface area contributed by atoms with Crippen molar-refractivity contribution < 1.29 is 46.7 Å². The molecule has 0 atom stereocenters. The Hall–Kier alpha value is -3.11. The maximum absolute atomic E-state index is 14.6. The summed E-state index contributed by atoms with van der Waals surface area (Å²) in [5, 5.41) is 8.97. The van der Waals surface area contributed by atoms with E-state index in [4.69, 9.17) is 19.8 Å². The first-order chi connectivity index (χ1) is 15.0. The number of aromatic nitrogens is 2. The van der Waals surface area contributed by atoms with Gasteiger partial charge in [-0.25, -0.2) is 28.0 Å². The van der Waals surface area contributed by atoms with Crippen LogP contribution in [0.5, 0.6) is 0 Å². The monoisotopic (exact) mass is 476 g/mol. The number of halogens is 2. The predicted octanol–water partition coefficient (Wildman–Crippen LogP) is 2.08. The van der Waals surface area contributed by atoms with Crippen molar-refractivity contribution in [1.29, 1.82) is 5.26 Å². The molecule has 0 aliphatic carbocycles. The summed E-state index contributed by atoms with van der Waals surface area (Å²) in [6.07, 6.45) is -0.895. The number of hydrogen-bond donors (Lipinski definition) is 2. The highest BCUT2D eigenvalue weighted by Gasteiger charge is 2.26. The molecular weight excluding hydrogens is 457 g/mol. The number of ether oxygens (including phenoxy) is 2. The second kappa shape index (κ2) is 10.5. The average Bonchev–Trinajstić information content (AvgIpc) is 3.05. The molecule has 0 bridgehead atoms. The lowest BCUT2D eigenvalue weighted by atomic mass is 10.2. The van der Waals surface area contributed by atoms with Crippen molar-refractivity contribution in [3.63, 3.8) is 0 Å². The van der Waals surface area contributed by atoms with Gasteiger partial charge in [0.15, 0.2) is 18.4 Å². The quantitative estimate of drug-likeness (QED) is 0.237. The molecule has 2 N–H and O–H groups in total. The summed E-state index contributed by atoms with van der Waals surface area (Å²) in [5.74, 6) is -2.83. The number of amides is 1. The molecule has 1 heterocycles. The molecule has 1 aromatic heterocycles. The number of imidazole rings is 1. The van der Waals surface area contributed by atoms with Gasteiger partial charge in [-0.05, 0) is 12.5 Å². The van der Waals surface area contributed by atoms with E-state index in [1.807, 2.05) is 0 Å². The highest BCUT2D eigenvalue weighted by Crippen LogP contribution is 2.35. The standard InChI is InChI=1S/C17H19F2N4O8P/c1-3-4-12(24)23(9-30-17(25)29-5-6-31-32(26,27)28)16-21-14-11(18)7-10(8-20)13(19)15(14)22(16)2/h7H,3-6,9H2,1-2H3,(H2,26,27,28). The Labute approximate surface area is 180 Å². The van der Waals surface area contributed by atoms with Gasteiger partial charge in [0.2, 0.25) is 11.9 Å². The number of fused-ring (bicyclic) bond motifs is 1. The van der Waals surface area contributed by atoms with E-state index in [9.17, 15) is 22.9 Å². The highest BCUT2D eigenvalue weighted by molar-refractivity contribution is 7.46. The van der Waals surface area contributed by atoms with E-state index in [0.29, 0.717) is 12.5 Å². The van der Waals surface area contributed by atoms with Gasteiger partial charge in [-0.15, -0.1) is 0 Å². The summed E-state index contributed by atoms with van der Waals surface area (Å²) in [6, 6.07) is 2.21. The lowest BCUT2D eigenvalue weighted by Gasteiger charge is -2.21. The van der Waals surface area contributed by atoms with E-state index in [2.05, 4.69) is 14.2 Å². The first kappa shape index (κ1) is 25.2. The normalized spacial score (nSPS) is 11.3. The summed E-state index contributed by atoms with van der Waals surface area (Å²) in [6.45, 7) is -0.183. The van der Waals surface area contributed by atoms with E-state index >= 15 is 0 Å². The van der Waals surface area contributed by atoms with Crippen LogP contribution in [-0.2, 0) is 30.4 Å². The molecule has 0 aliphatic rings. The van der Waals surface area contributed by atoms with Crippen LogP contribution in [0.2, 0.25) is 0 Å². The van der Waals surface area contributed by atoms with E-state index in [1.165, 1.54) is 13.1 Å². The van der Waals surface area contributed by atoms with Crippen molar-refractivity contribution in [3.8, 4) is 6.07 Å². The highest BCUT2D eigenvalue weighted by atomic mass is 31.2. The van der Waals surface area contributed by atoms with Crippen molar-refractivity contribution in [2.75, 3.05) is 24.8 Å². The Morgan fingerprint density at radius 3 is 2.59 bits per heavy atom. The zero-order valence-electron chi connectivity index (χ0n) is 16.9. The fraction of sp³-hybridized carbons (Fsp3) is 0.412. The van der Waals surface area contributed by atoms with Crippen LogP contribution in [0.15, 0.2) is 6.07 Å². The molecule has 0 spiro atoms. The van der Waals surface area contributed by atoms with Crippen LogP contribution >= 0.6 is 7.82 Å². The smallest absolute Gasteiger partial charge is 0.432 e. The minimum Gasteiger partial charge on any atom is -0.432 e. The minimum atomic E-state index is -4.73. The van der Waals surface area contributed by atoms with Crippen LogP contribution in [0, 0.1) is 23.0 Å². The number of phosphoric ester groups is 1. The van der Waals surface area contributed by atoms with Crippen molar-refractivity contribution in [1.82, 2.24) is 9.55 Å². The molecule has 0 fully saturated rings. The van der Waals surface area contributed by atoms with Gasteiger partial charge in [0.25, 0.3) is 0 Å². The molecule has 1 amide bonds. The number of phosphoric acid groups is 1. The van der Waals surface area contributed by atoms with E-state index < -0.39 is 62.5 Å². The third kappa shape index (κ3) is 5.98. The number of carbonyl (C=O) groups excluding carboxylic acids is 2. The molecule has 15 heteroatoms. The Kier molecular flexibility index (Phi) is 8.23.